The highest BCUT2D eigenvalue weighted by molar-refractivity contribution is 9.10. The quantitative estimate of drug-likeness (QED) is 0.474. The van der Waals surface area contributed by atoms with Gasteiger partial charge in [0.2, 0.25) is 0 Å². The summed E-state index contributed by atoms with van der Waals surface area (Å²) in [7, 11) is 1.27. The van der Waals surface area contributed by atoms with Crippen LogP contribution >= 0.6 is 15.9 Å². The lowest BCUT2D eigenvalue weighted by Crippen LogP contribution is -2.20. The molecule has 2 aromatic rings. The van der Waals surface area contributed by atoms with E-state index in [9.17, 15) is 9.59 Å². The summed E-state index contributed by atoms with van der Waals surface area (Å²) in [6, 6.07) is 12.6. The van der Waals surface area contributed by atoms with E-state index in [1.807, 2.05) is 24.3 Å². The molecule has 0 atom stereocenters. The van der Waals surface area contributed by atoms with Crippen LogP contribution in [-0.2, 0) is 19.1 Å². The molecule has 0 spiro atoms. The number of methoxy groups -OCH3 is 1. The standard InChI is InChI=1S/C20H20BrN3O4/c1-3-28-19(25)14(16-9-6-7-11-22-16)12-23-18(20(26)27-2)13-24-17-10-5-4-8-15(17)21/h4-13,23-24H,3H2,1-2H3/b14-12-,18-13+. The number of aromatic nitrogens is 1. The van der Waals surface area contributed by atoms with Gasteiger partial charge in [-0.15, -0.1) is 0 Å². The molecule has 0 aliphatic heterocycles. The Hall–Kier alpha value is -3.13. The molecule has 0 saturated heterocycles. The molecule has 2 rings (SSSR count). The molecule has 0 bridgehead atoms. The van der Waals surface area contributed by atoms with Crippen LogP contribution in [0.1, 0.15) is 12.6 Å². The van der Waals surface area contributed by atoms with Crippen LogP contribution in [0.2, 0.25) is 0 Å². The number of ether oxygens (including phenoxy) is 2. The van der Waals surface area contributed by atoms with Gasteiger partial charge in [-0.2, -0.15) is 0 Å². The average molecular weight is 446 g/mol. The minimum atomic E-state index is -0.611. The van der Waals surface area contributed by atoms with Crippen molar-refractivity contribution in [2.75, 3.05) is 19.0 Å². The van der Waals surface area contributed by atoms with Crippen LogP contribution < -0.4 is 10.6 Å². The zero-order valence-electron chi connectivity index (χ0n) is 15.4. The minimum absolute atomic E-state index is 0.0935. The van der Waals surface area contributed by atoms with E-state index < -0.39 is 11.9 Å². The molecule has 7 nitrogen and oxygen atoms in total. The third-order valence-electron chi connectivity index (χ3n) is 3.46. The summed E-state index contributed by atoms with van der Waals surface area (Å²) in [5.74, 6) is -1.17. The van der Waals surface area contributed by atoms with E-state index in [0.717, 1.165) is 10.2 Å². The second kappa shape index (κ2) is 10.9. The molecular formula is C20H20BrN3O4. The number of anilines is 1. The van der Waals surface area contributed by atoms with E-state index in [1.165, 1.54) is 19.5 Å². The second-order valence-corrected chi connectivity index (χ2v) is 6.17. The van der Waals surface area contributed by atoms with Crippen LogP contribution in [0.5, 0.6) is 0 Å². The first-order chi connectivity index (χ1) is 13.6. The van der Waals surface area contributed by atoms with E-state index in [-0.39, 0.29) is 17.9 Å². The number of esters is 2. The Kier molecular flexibility index (Phi) is 8.23. The number of pyridine rings is 1. The molecule has 1 aromatic heterocycles. The van der Waals surface area contributed by atoms with Crippen molar-refractivity contribution in [2.24, 2.45) is 0 Å². The summed E-state index contributed by atoms with van der Waals surface area (Å²) in [6.45, 7) is 1.93. The van der Waals surface area contributed by atoms with Gasteiger partial charge in [-0.25, -0.2) is 9.59 Å². The van der Waals surface area contributed by atoms with Gasteiger partial charge in [0.25, 0.3) is 0 Å². The fourth-order valence-corrected chi connectivity index (χ4v) is 2.52. The third kappa shape index (κ3) is 5.95. The molecule has 2 N–H and O–H groups in total. The van der Waals surface area contributed by atoms with Crippen LogP contribution in [0.4, 0.5) is 5.69 Å². The maximum Gasteiger partial charge on any atom is 0.355 e. The monoisotopic (exact) mass is 445 g/mol. The zero-order chi connectivity index (χ0) is 20.4. The Labute approximate surface area is 171 Å². The van der Waals surface area contributed by atoms with Crippen LogP contribution in [0.15, 0.2) is 71.2 Å². The molecule has 0 aliphatic rings. The number of halogens is 1. The molecule has 0 fully saturated rings. The Morgan fingerprint density at radius 2 is 1.86 bits per heavy atom. The summed E-state index contributed by atoms with van der Waals surface area (Å²) in [5, 5.41) is 5.82. The Balaban J connectivity index is 2.30. The first-order valence-electron chi connectivity index (χ1n) is 8.41. The second-order valence-electron chi connectivity index (χ2n) is 5.31. The summed E-state index contributed by atoms with van der Waals surface area (Å²) in [5.41, 5.74) is 1.44. The predicted molar refractivity (Wildman–Crippen MR) is 110 cm³/mol. The molecule has 1 aromatic carbocycles. The fraction of sp³-hybridized carbons (Fsp3) is 0.150. The largest absolute Gasteiger partial charge is 0.464 e. The molecule has 0 radical (unpaired) electrons. The lowest BCUT2D eigenvalue weighted by molar-refractivity contribution is -0.137. The van der Waals surface area contributed by atoms with Gasteiger partial charge in [0.05, 0.1) is 25.1 Å². The highest BCUT2D eigenvalue weighted by Gasteiger charge is 2.16. The van der Waals surface area contributed by atoms with Crippen molar-refractivity contribution in [1.29, 1.82) is 0 Å². The number of hydrogen-bond donors (Lipinski definition) is 2. The van der Waals surface area contributed by atoms with Crippen molar-refractivity contribution in [3.05, 3.63) is 76.9 Å². The lowest BCUT2D eigenvalue weighted by atomic mass is 10.2. The van der Waals surface area contributed by atoms with Crippen molar-refractivity contribution in [1.82, 2.24) is 10.3 Å². The molecule has 146 valence electrons. The molecule has 0 unspecified atom stereocenters. The molecule has 0 aliphatic carbocycles. The van der Waals surface area contributed by atoms with Crippen LogP contribution in [0, 0.1) is 0 Å². The number of para-hydroxylation sites is 1. The van der Waals surface area contributed by atoms with Crippen molar-refractivity contribution >= 4 is 39.1 Å². The van der Waals surface area contributed by atoms with E-state index >= 15 is 0 Å². The van der Waals surface area contributed by atoms with Crippen LogP contribution in [-0.4, -0.2) is 30.6 Å². The molecule has 8 heteroatoms. The van der Waals surface area contributed by atoms with Gasteiger partial charge < -0.3 is 20.1 Å². The molecule has 0 saturated carbocycles. The van der Waals surface area contributed by atoms with Gasteiger partial charge in [-0.05, 0) is 47.1 Å². The Morgan fingerprint density at radius 1 is 1.11 bits per heavy atom. The van der Waals surface area contributed by atoms with E-state index in [1.54, 1.807) is 31.3 Å². The predicted octanol–water partition coefficient (Wildman–Crippen LogP) is 3.46. The Morgan fingerprint density at radius 3 is 2.50 bits per heavy atom. The van der Waals surface area contributed by atoms with Crippen LogP contribution in [0.3, 0.4) is 0 Å². The summed E-state index contributed by atoms with van der Waals surface area (Å²) in [4.78, 5) is 28.6. The first-order valence-corrected chi connectivity index (χ1v) is 9.21. The topological polar surface area (TPSA) is 89.6 Å². The number of hydrogen-bond acceptors (Lipinski definition) is 7. The van der Waals surface area contributed by atoms with Crippen molar-refractivity contribution < 1.29 is 19.1 Å². The van der Waals surface area contributed by atoms with Crippen molar-refractivity contribution in [2.45, 2.75) is 6.92 Å². The Bertz CT molecular complexity index is 882. The van der Waals surface area contributed by atoms with Gasteiger partial charge in [-0.3, -0.25) is 4.98 Å². The number of carbonyl (C=O) groups excluding carboxylic acids is 2. The molecule has 0 amide bonds. The number of benzene rings is 1. The van der Waals surface area contributed by atoms with Gasteiger partial charge in [0.15, 0.2) is 0 Å². The number of nitrogens with one attached hydrogen (secondary N) is 2. The van der Waals surface area contributed by atoms with Crippen molar-refractivity contribution in [3.8, 4) is 0 Å². The van der Waals surface area contributed by atoms with Gasteiger partial charge in [-0.1, -0.05) is 18.2 Å². The highest BCUT2D eigenvalue weighted by atomic mass is 79.9. The first kappa shape index (κ1) is 21.2. The van der Waals surface area contributed by atoms with E-state index in [0.29, 0.717) is 5.69 Å². The highest BCUT2D eigenvalue weighted by Crippen LogP contribution is 2.21. The van der Waals surface area contributed by atoms with Gasteiger partial charge in [0, 0.05) is 23.1 Å². The number of nitrogens with zero attached hydrogens (tertiary/aromatic N) is 1. The molecule has 28 heavy (non-hydrogen) atoms. The minimum Gasteiger partial charge on any atom is -0.464 e. The van der Waals surface area contributed by atoms with Crippen molar-refractivity contribution in [3.63, 3.8) is 0 Å². The molecular weight excluding hydrogens is 426 g/mol. The van der Waals surface area contributed by atoms with E-state index in [2.05, 4.69) is 31.5 Å². The summed E-state index contributed by atoms with van der Waals surface area (Å²) >= 11 is 3.42. The fourth-order valence-electron chi connectivity index (χ4n) is 2.12. The number of carbonyl (C=O) groups is 2. The van der Waals surface area contributed by atoms with Gasteiger partial charge in [0.1, 0.15) is 11.3 Å². The normalized spacial score (nSPS) is 11.5. The summed E-state index contributed by atoms with van der Waals surface area (Å²) < 4.78 is 10.7. The van der Waals surface area contributed by atoms with Gasteiger partial charge >= 0.3 is 11.9 Å². The SMILES string of the molecule is CCOC(=O)/C(=C\N/C(=C/Nc1ccccc1Br)C(=O)OC)c1ccccn1. The maximum atomic E-state index is 12.3. The van der Waals surface area contributed by atoms with E-state index in [4.69, 9.17) is 9.47 Å². The van der Waals surface area contributed by atoms with Crippen LogP contribution in [0.25, 0.3) is 5.57 Å². The third-order valence-corrected chi connectivity index (χ3v) is 4.15. The molecule has 1 heterocycles. The number of rotatable bonds is 8. The summed E-state index contributed by atoms with van der Waals surface area (Å²) in [6.07, 6.45) is 4.38. The lowest BCUT2D eigenvalue weighted by Gasteiger charge is -2.10. The average Bonchev–Trinajstić information content (AvgIpc) is 2.72. The maximum absolute atomic E-state index is 12.3. The zero-order valence-corrected chi connectivity index (χ0v) is 17.0. The smallest absolute Gasteiger partial charge is 0.355 e.